The van der Waals surface area contributed by atoms with Gasteiger partial charge in [0.05, 0.1) is 19.4 Å². The molecular formula is C12H17NO3. The molecule has 0 spiro atoms. The minimum atomic E-state index is 0.0984. The SMILES string of the molecule is COCc1cnc(C)c(OC)c1CC(C)=O. The summed E-state index contributed by atoms with van der Waals surface area (Å²) < 4.78 is 10.4. The maximum absolute atomic E-state index is 11.2. The molecule has 0 saturated carbocycles. The Bertz CT molecular complexity index is 388. The fraction of sp³-hybridized carbons (Fsp3) is 0.500. The van der Waals surface area contributed by atoms with E-state index in [-0.39, 0.29) is 5.78 Å². The summed E-state index contributed by atoms with van der Waals surface area (Å²) in [5.41, 5.74) is 2.57. The molecule has 0 aliphatic carbocycles. The second-order valence-electron chi connectivity index (χ2n) is 3.69. The van der Waals surface area contributed by atoms with Gasteiger partial charge in [-0.1, -0.05) is 0 Å². The van der Waals surface area contributed by atoms with Crippen molar-refractivity contribution in [2.24, 2.45) is 0 Å². The Morgan fingerprint density at radius 2 is 2.12 bits per heavy atom. The first-order valence-corrected chi connectivity index (χ1v) is 5.09. The molecule has 0 radical (unpaired) electrons. The number of ether oxygens (including phenoxy) is 2. The van der Waals surface area contributed by atoms with Gasteiger partial charge in [0.2, 0.25) is 0 Å². The second-order valence-corrected chi connectivity index (χ2v) is 3.69. The van der Waals surface area contributed by atoms with Crippen molar-refractivity contribution < 1.29 is 14.3 Å². The minimum Gasteiger partial charge on any atom is -0.495 e. The van der Waals surface area contributed by atoms with Crippen molar-refractivity contribution >= 4 is 5.78 Å². The molecule has 16 heavy (non-hydrogen) atoms. The van der Waals surface area contributed by atoms with Crippen molar-refractivity contribution in [3.8, 4) is 5.75 Å². The summed E-state index contributed by atoms with van der Waals surface area (Å²) >= 11 is 0. The van der Waals surface area contributed by atoms with Gasteiger partial charge in [-0.15, -0.1) is 0 Å². The molecule has 0 aromatic carbocycles. The lowest BCUT2D eigenvalue weighted by molar-refractivity contribution is -0.116. The maximum atomic E-state index is 11.2. The zero-order valence-electron chi connectivity index (χ0n) is 10.2. The van der Waals surface area contributed by atoms with Gasteiger partial charge in [-0.25, -0.2) is 0 Å². The Morgan fingerprint density at radius 3 is 2.62 bits per heavy atom. The van der Waals surface area contributed by atoms with Crippen molar-refractivity contribution in [2.45, 2.75) is 26.9 Å². The van der Waals surface area contributed by atoms with E-state index in [0.29, 0.717) is 18.8 Å². The van der Waals surface area contributed by atoms with E-state index >= 15 is 0 Å². The van der Waals surface area contributed by atoms with Crippen molar-refractivity contribution in [1.29, 1.82) is 0 Å². The predicted molar refractivity (Wildman–Crippen MR) is 60.6 cm³/mol. The van der Waals surface area contributed by atoms with Crippen LogP contribution in [-0.2, 0) is 22.6 Å². The summed E-state index contributed by atoms with van der Waals surface area (Å²) in [4.78, 5) is 15.5. The molecule has 1 heterocycles. The van der Waals surface area contributed by atoms with Crippen molar-refractivity contribution in [3.63, 3.8) is 0 Å². The zero-order valence-corrected chi connectivity index (χ0v) is 10.2. The van der Waals surface area contributed by atoms with Gasteiger partial charge < -0.3 is 9.47 Å². The summed E-state index contributed by atoms with van der Waals surface area (Å²) in [6.45, 7) is 3.86. The molecule has 0 N–H and O–H groups in total. The summed E-state index contributed by atoms with van der Waals surface area (Å²) in [6, 6.07) is 0. The highest BCUT2D eigenvalue weighted by Crippen LogP contribution is 2.26. The largest absolute Gasteiger partial charge is 0.495 e. The topological polar surface area (TPSA) is 48.4 Å². The average Bonchev–Trinajstić information content (AvgIpc) is 2.22. The highest BCUT2D eigenvalue weighted by molar-refractivity contribution is 5.79. The van der Waals surface area contributed by atoms with E-state index < -0.39 is 0 Å². The fourth-order valence-corrected chi connectivity index (χ4v) is 1.67. The summed E-state index contributed by atoms with van der Waals surface area (Å²) in [6.07, 6.45) is 2.09. The van der Waals surface area contributed by atoms with Gasteiger partial charge in [0.1, 0.15) is 11.5 Å². The number of methoxy groups -OCH3 is 2. The molecular weight excluding hydrogens is 206 g/mol. The second kappa shape index (κ2) is 5.61. The minimum absolute atomic E-state index is 0.0984. The summed E-state index contributed by atoms with van der Waals surface area (Å²) in [5.74, 6) is 0.783. The van der Waals surface area contributed by atoms with Crippen LogP contribution in [0.15, 0.2) is 6.20 Å². The van der Waals surface area contributed by atoms with E-state index in [2.05, 4.69) is 4.98 Å². The molecule has 0 aliphatic rings. The standard InChI is InChI=1S/C12H17NO3/c1-8(14)5-11-10(7-15-3)6-13-9(2)12(11)16-4/h6H,5,7H2,1-4H3. The van der Waals surface area contributed by atoms with Crippen LogP contribution in [0.25, 0.3) is 0 Å². The van der Waals surface area contributed by atoms with Gasteiger partial charge in [0.25, 0.3) is 0 Å². The molecule has 1 aromatic rings. The zero-order chi connectivity index (χ0) is 12.1. The first-order valence-electron chi connectivity index (χ1n) is 5.09. The molecule has 0 atom stereocenters. The smallest absolute Gasteiger partial charge is 0.144 e. The van der Waals surface area contributed by atoms with Gasteiger partial charge in [0.15, 0.2) is 0 Å². The van der Waals surface area contributed by atoms with Crippen molar-refractivity contribution in [3.05, 3.63) is 23.0 Å². The number of aromatic nitrogens is 1. The quantitative estimate of drug-likeness (QED) is 0.762. The molecule has 0 amide bonds. The lowest BCUT2D eigenvalue weighted by atomic mass is 10.0. The van der Waals surface area contributed by atoms with Crippen LogP contribution in [0.4, 0.5) is 0 Å². The van der Waals surface area contributed by atoms with Gasteiger partial charge in [-0.05, 0) is 13.8 Å². The molecule has 1 aromatic heterocycles. The van der Waals surface area contributed by atoms with Crippen LogP contribution < -0.4 is 4.74 Å². The van der Waals surface area contributed by atoms with Crippen LogP contribution >= 0.6 is 0 Å². The third-order valence-electron chi connectivity index (χ3n) is 2.33. The van der Waals surface area contributed by atoms with E-state index in [1.165, 1.54) is 0 Å². The number of hydrogen-bond donors (Lipinski definition) is 0. The Hall–Kier alpha value is -1.42. The number of carbonyl (C=O) groups is 1. The number of carbonyl (C=O) groups excluding carboxylic acids is 1. The van der Waals surface area contributed by atoms with E-state index in [1.54, 1.807) is 27.3 Å². The molecule has 4 nitrogen and oxygen atoms in total. The van der Waals surface area contributed by atoms with Crippen molar-refractivity contribution in [1.82, 2.24) is 4.98 Å². The molecule has 1 rings (SSSR count). The molecule has 0 saturated heterocycles. The van der Waals surface area contributed by atoms with Gasteiger partial charge >= 0.3 is 0 Å². The Kier molecular flexibility index (Phi) is 4.43. The van der Waals surface area contributed by atoms with E-state index in [1.807, 2.05) is 6.92 Å². The molecule has 0 unspecified atom stereocenters. The van der Waals surface area contributed by atoms with Crippen LogP contribution in [0.1, 0.15) is 23.7 Å². The number of aryl methyl sites for hydroxylation is 1. The van der Waals surface area contributed by atoms with E-state index in [9.17, 15) is 4.79 Å². The third kappa shape index (κ3) is 2.79. The molecule has 88 valence electrons. The fourth-order valence-electron chi connectivity index (χ4n) is 1.67. The lowest BCUT2D eigenvalue weighted by Gasteiger charge is -2.14. The van der Waals surface area contributed by atoms with Gasteiger partial charge in [-0.3, -0.25) is 9.78 Å². The van der Waals surface area contributed by atoms with E-state index in [4.69, 9.17) is 9.47 Å². The summed E-state index contributed by atoms with van der Waals surface area (Å²) in [7, 11) is 3.20. The van der Waals surface area contributed by atoms with Gasteiger partial charge in [0, 0.05) is 30.9 Å². The highest BCUT2D eigenvalue weighted by Gasteiger charge is 2.14. The molecule has 0 bridgehead atoms. The third-order valence-corrected chi connectivity index (χ3v) is 2.33. The van der Waals surface area contributed by atoms with Crippen LogP contribution in [-0.4, -0.2) is 25.0 Å². The highest BCUT2D eigenvalue weighted by atomic mass is 16.5. The van der Waals surface area contributed by atoms with Crippen LogP contribution in [0, 0.1) is 6.92 Å². The molecule has 0 aliphatic heterocycles. The summed E-state index contributed by atoms with van der Waals surface area (Å²) in [5, 5.41) is 0. The molecule has 4 heteroatoms. The van der Waals surface area contributed by atoms with Crippen LogP contribution in [0.2, 0.25) is 0 Å². The van der Waals surface area contributed by atoms with Gasteiger partial charge in [-0.2, -0.15) is 0 Å². The lowest BCUT2D eigenvalue weighted by Crippen LogP contribution is -2.07. The number of ketones is 1. The average molecular weight is 223 g/mol. The Balaban J connectivity index is 3.22. The predicted octanol–water partition coefficient (Wildman–Crippen LogP) is 1.68. The normalized spacial score (nSPS) is 10.2. The van der Waals surface area contributed by atoms with Crippen LogP contribution in [0.3, 0.4) is 0 Å². The van der Waals surface area contributed by atoms with Crippen LogP contribution in [0.5, 0.6) is 5.75 Å². The Labute approximate surface area is 95.6 Å². The number of nitrogens with zero attached hydrogens (tertiary/aromatic N) is 1. The monoisotopic (exact) mass is 223 g/mol. The maximum Gasteiger partial charge on any atom is 0.144 e. The number of pyridine rings is 1. The first-order chi connectivity index (χ1) is 7.60. The number of rotatable bonds is 5. The number of Topliss-reactive ketones (excluding diaryl/α,β-unsaturated/α-hetero) is 1. The number of hydrogen-bond acceptors (Lipinski definition) is 4. The van der Waals surface area contributed by atoms with Crippen molar-refractivity contribution in [2.75, 3.05) is 14.2 Å². The Morgan fingerprint density at radius 1 is 1.44 bits per heavy atom. The molecule has 0 fully saturated rings. The first kappa shape index (κ1) is 12.6. The van der Waals surface area contributed by atoms with E-state index in [0.717, 1.165) is 16.8 Å².